The minimum absolute atomic E-state index is 0.440. The van der Waals surface area contributed by atoms with Gasteiger partial charge in [0, 0.05) is 33.9 Å². The van der Waals surface area contributed by atoms with E-state index < -0.39 is 0 Å². The number of aromatic nitrogens is 3. The van der Waals surface area contributed by atoms with Gasteiger partial charge >= 0.3 is 0 Å². The Bertz CT molecular complexity index is 1240. The van der Waals surface area contributed by atoms with Crippen LogP contribution in [0.15, 0.2) is 48.8 Å². The lowest BCUT2D eigenvalue weighted by Gasteiger charge is -2.10. The summed E-state index contributed by atoms with van der Waals surface area (Å²) in [7, 11) is 0. The second-order valence-corrected chi connectivity index (χ2v) is 7.95. The Balaban J connectivity index is 1.53. The Kier molecular flexibility index (Phi) is 4.32. The van der Waals surface area contributed by atoms with Gasteiger partial charge in [0.15, 0.2) is 0 Å². The highest BCUT2D eigenvalue weighted by molar-refractivity contribution is 6.33. The Morgan fingerprint density at radius 3 is 2.86 bits per heavy atom. The molecule has 29 heavy (non-hydrogen) atoms. The first-order chi connectivity index (χ1) is 14.1. The van der Waals surface area contributed by atoms with Crippen LogP contribution >= 0.6 is 11.6 Å². The third-order valence-electron chi connectivity index (χ3n) is 5.26. The van der Waals surface area contributed by atoms with Gasteiger partial charge < -0.3 is 10.3 Å². The number of nitrogens with one attached hydrogen (secondary N) is 2. The second-order valence-electron chi connectivity index (χ2n) is 7.55. The number of aromatic amines is 1. The van der Waals surface area contributed by atoms with Gasteiger partial charge in [0.2, 0.25) is 5.95 Å². The molecule has 0 atom stereocenters. The van der Waals surface area contributed by atoms with E-state index in [4.69, 9.17) is 11.6 Å². The van der Waals surface area contributed by atoms with Crippen LogP contribution < -0.4 is 5.32 Å². The predicted octanol–water partition coefficient (Wildman–Crippen LogP) is 6.02. The number of carbonyl (C=O) groups is 1. The molecule has 6 heteroatoms. The molecule has 1 fully saturated rings. The molecule has 2 aromatic heterocycles. The van der Waals surface area contributed by atoms with Crippen LogP contribution in [0.3, 0.4) is 0 Å². The summed E-state index contributed by atoms with van der Waals surface area (Å²) in [6.07, 6.45) is 6.73. The Morgan fingerprint density at radius 1 is 1.21 bits per heavy atom. The van der Waals surface area contributed by atoms with Crippen LogP contribution in [-0.2, 0) is 0 Å². The number of nitrogens with zero attached hydrogens (tertiary/aromatic N) is 2. The predicted molar refractivity (Wildman–Crippen MR) is 116 cm³/mol. The fourth-order valence-corrected chi connectivity index (χ4v) is 3.84. The van der Waals surface area contributed by atoms with Gasteiger partial charge in [-0.15, -0.1) is 0 Å². The molecule has 4 aromatic rings. The highest BCUT2D eigenvalue weighted by atomic mass is 35.5. The summed E-state index contributed by atoms with van der Waals surface area (Å²) in [5, 5.41) is 4.78. The number of H-pyrrole nitrogens is 1. The number of halogens is 1. The van der Waals surface area contributed by atoms with Crippen molar-refractivity contribution in [1.82, 2.24) is 15.0 Å². The maximum atomic E-state index is 11.3. The number of aryl methyl sites for hydroxylation is 1. The van der Waals surface area contributed by atoms with Crippen molar-refractivity contribution in [2.75, 3.05) is 5.32 Å². The smallest absolute Gasteiger partial charge is 0.227 e. The molecule has 2 aromatic carbocycles. The summed E-state index contributed by atoms with van der Waals surface area (Å²) < 4.78 is 0. The van der Waals surface area contributed by atoms with Crippen LogP contribution in [-0.4, -0.2) is 21.2 Å². The maximum absolute atomic E-state index is 11.3. The first kappa shape index (κ1) is 17.9. The van der Waals surface area contributed by atoms with Crippen LogP contribution in [0.1, 0.15) is 40.2 Å². The molecule has 0 radical (unpaired) electrons. The number of rotatable bonds is 5. The summed E-state index contributed by atoms with van der Waals surface area (Å²) in [6.45, 7) is 2.06. The van der Waals surface area contributed by atoms with Crippen molar-refractivity contribution in [3.8, 4) is 11.3 Å². The summed E-state index contributed by atoms with van der Waals surface area (Å²) in [4.78, 5) is 23.6. The number of anilines is 2. The molecule has 0 amide bonds. The van der Waals surface area contributed by atoms with Gasteiger partial charge in [0.25, 0.3) is 0 Å². The molecule has 0 saturated heterocycles. The van der Waals surface area contributed by atoms with Crippen molar-refractivity contribution in [1.29, 1.82) is 0 Å². The first-order valence-electron chi connectivity index (χ1n) is 9.58. The van der Waals surface area contributed by atoms with Gasteiger partial charge in [-0.3, -0.25) is 4.79 Å². The average Bonchev–Trinajstić information content (AvgIpc) is 3.49. The Morgan fingerprint density at radius 2 is 2.07 bits per heavy atom. The molecule has 0 bridgehead atoms. The summed E-state index contributed by atoms with van der Waals surface area (Å²) >= 11 is 6.43. The highest BCUT2D eigenvalue weighted by Crippen LogP contribution is 2.41. The van der Waals surface area contributed by atoms with Gasteiger partial charge in [0.1, 0.15) is 6.29 Å². The number of benzene rings is 2. The largest absolute Gasteiger partial charge is 0.360 e. The zero-order chi connectivity index (χ0) is 20.0. The molecular formula is C23H19ClN4O. The topological polar surface area (TPSA) is 70.7 Å². The molecule has 0 aliphatic heterocycles. The Hall–Kier alpha value is -3.18. The van der Waals surface area contributed by atoms with Gasteiger partial charge in [-0.1, -0.05) is 23.7 Å². The van der Waals surface area contributed by atoms with Crippen molar-refractivity contribution >= 4 is 40.4 Å². The lowest BCUT2D eigenvalue weighted by molar-refractivity contribution is 0.112. The molecule has 2 N–H and O–H groups in total. The van der Waals surface area contributed by atoms with E-state index in [1.165, 1.54) is 24.0 Å². The van der Waals surface area contributed by atoms with E-state index in [9.17, 15) is 4.79 Å². The maximum Gasteiger partial charge on any atom is 0.227 e. The monoisotopic (exact) mass is 402 g/mol. The van der Waals surface area contributed by atoms with E-state index in [-0.39, 0.29) is 0 Å². The number of carbonyl (C=O) groups excluding carboxylic acids is 1. The van der Waals surface area contributed by atoms with Crippen LogP contribution in [0.5, 0.6) is 0 Å². The SMILES string of the molecule is Cc1ccc2c(-c3nc(Nc4cc(C=O)cc(C5CC5)c4)ncc3Cl)c[nH]c2c1. The zero-order valence-corrected chi connectivity index (χ0v) is 16.6. The van der Waals surface area contributed by atoms with Gasteiger partial charge in [-0.25, -0.2) is 9.97 Å². The lowest BCUT2D eigenvalue weighted by atomic mass is 10.1. The molecule has 0 unspecified atom stereocenters. The molecule has 0 spiro atoms. The molecule has 5 nitrogen and oxygen atoms in total. The minimum atomic E-state index is 0.440. The van der Waals surface area contributed by atoms with E-state index in [0.717, 1.165) is 28.4 Å². The standard InChI is InChI=1S/C23H19ClN4O/c1-13-2-5-18-19(10-25-21(18)6-13)22-20(24)11-26-23(28-22)27-17-8-14(12-29)7-16(9-17)15-3-4-15/h2,5-12,15,25H,3-4H2,1H3,(H,26,27,28). The van der Waals surface area contributed by atoms with Crippen LogP contribution in [0, 0.1) is 6.92 Å². The minimum Gasteiger partial charge on any atom is -0.360 e. The van der Waals surface area contributed by atoms with E-state index in [0.29, 0.717) is 28.1 Å². The summed E-state index contributed by atoms with van der Waals surface area (Å²) in [5.41, 5.74) is 6.44. The fraction of sp³-hybridized carbons (Fsp3) is 0.174. The first-order valence-corrected chi connectivity index (χ1v) is 9.96. The summed E-state index contributed by atoms with van der Waals surface area (Å²) in [6, 6.07) is 12.1. The normalized spacial score (nSPS) is 13.6. The molecule has 1 saturated carbocycles. The highest BCUT2D eigenvalue weighted by Gasteiger charge is 2.24. The molecule has 2 heterocycles. The average molecular weight is 403 g/mol. The van der Waals surface area contributed by atoms with Crippen LogP contribution in [0.2, 0.25) is 5.02 Å². The lowest BCUT2D eigenvalue weighted by Crippen LogP contribution is -2.00. The number of aldehydes is 1. The second kappa shape index (κ2) is 7.01. The quantitative estimate of drug-likeness (QED) is 0.400. The van der Waals surface area contributed by atoms with Crippen LogP contribution in [0.4, 0.5) is 11.6 Å². The van der Waals surface area contributed by atoms with E-state index in [1.54, 1.807) is 6.20 Å². The van der Waals surface area contributed by atoms with E-state index in [2.05, 4.69) is 51.5 Å². The molecule has 5 rings (SSSR count). The van der Waals surface area contributed by atoms with E-state index >= 15 is 0 Å². The third kappa shape index (κ3) is 3.49. The molecule has 144 valence electrons. The number of hydrogen-bond donors (Lipinski definition) is 2. The van der Waals surface area contributed by atoms with Crippen molar-refractivity contribution < 1.29 is 4.79 Å². The molecule has 1 aliphatic rings. The number of fused-ring (bicyclic) bond motifs is 1. The Labute approximate surface area is 173 Å². The van der Waals surface area contributed by atoms with Crippen molar-refractivity contribution in [2.45, 2.75) is 25.7 Å². The number of hydrogen-bond acceptors (Lipinski definition) is 4. The fourth-order valence-electron chi connectivity index (χ4n) is 3.65. The van der Waals surface area contributed by atoms with Gasteiger partial charge in [-0.05, 0) is 61.1 Å². The van der Waals surface area contributed by atoms with Crippen LogP contribution in [0.25, 0.3) is 22.2 Å². The van der Waals surface area contributed by atoms with Crippen molar-refractivity contribution in [3.05, 3.63) is 70.5 Å². The van der Waals surface area contributed by atoms with Gasteiger partial charge in [0.05, 0.1) is 16.9 Å². The molecule has 1 aliphatic carbocycles. The van der Waals surface area contributed by atoms with Crippen molar-refractivity contribution in [3.63, 3.8) is 0 Å². The van der Waals surface area contributed by atoms with Gasteiger partial charge in [-0.2, -0.15) is 0 Å². The summed E-state index contributed by atoms with van der Waals surface area (Å²) in [5.74, 6) is 0.988. The van der Waals surface area contributed by atoms with E-state index in [1.807, 2.05) is 18.3 Å². The third-order valence-corrected chi connectivity index (χ3v) is 5.53. The molecular weight excluding hydrogens is 384 g/mol. The zero-order valence-electron chi connectivity index (χ0n) is 15.9. The van der Waals surface area contributed by atoms with Crippen molar-refractivity contribution in [2.24, 2.45) is 0 Å².